The van der Waals surface area contributed by atoms with Crippen molar-refractivity contribution in [1.82, 2.24) is 10.2 Å². The summed E-state index contributed by atoms with van der Waals surface area (Å²) in [7, 11) is 0. The molecule has 1 aliphatic heterocycles. The molecule has 4 atom stereocenters. The smallest absolute Gasteiger partial charge is 0.256 e. The second-order valence-electron chi connectivity index (χ2n) is 7.90. The van der Waals surface area contributed by atoms with Crippen LogP contribution in [0.5, 0.6) is 0 Å². The van der Waals surface area contributed by atoms with Crippen molar-refractivity contribution >= 4 is 5.91 Å². The molecule has 0 radical (unpaired) electrons. The molecule has 3 nitrogen and oxygen atoms in total. The van der Waals surface area contributed by atoms with Crippen LogP contribution in [0, 0.1) is 11.8 Å². The van der Waals surface area contributed by atoms with Crippen molar-refractivity contribution < 1.29 is 4.79 Å². The van der Waals surface area contributed by atoms with Gasteiger partial charge in [-0.25, -0.2) is 0 Å². The first-order valence-electron chi connectivity index (χ1n) is 9.85. The molecular formula is C23H28N2O. The number of carbonyl (C=O) groups is 1. The fraction of sp³-hybridized carbons (Fsp3) is 0.435. The fourth-order valence-electron chi connectivity index (χ4n) is 4.64. The highest BCUT2D eigenvalue weighted by atomic mass is 16.2. The third kappa shape index (κ3) is 3.05. The zero-order chi connectivity index (χ0) is 18.1. The molecule has 1 N–H and O–H groups in total. The van der Waals surface area contributed by atoms with E-state index in [1.807, 2.05) is 24.3 Å². The Balaban J connectivity index is 1.63. The Labute approximate surface area is 156 Å². The van der Waals surface area contributed by atoms with Gasteiger partial charge in [-0.15, -0.1) is 0 Å². The highest BCUT2D eigenvalue weighted by molar-refractivity contribution is 5.99. The molecule has 4 rings (SSSR count). The van der Waals surface area contributed by atoms with E-state index in [1.165, 1.54) is 18.4 Å². The summed E-state index contributed by atoms with van der Waals surface area (Å²) >= 11 is 0. The van der Waals surface area contributed by atoms with Crippen LogP contribution < -0.4 is 5.32 Å². The molecule has 1 heterocycles. The molecule has 0 spiro atoms. The molecule has 0 bridgehead atoms. The van der Waals surface area contributed by atoms with E-state index in [9.17, 15) is 4.79 Å². The van der Waals surface area contributed by atoms with E-state index >= 15 is 0 Å². The number of nitrogens with one attached hydrogen (secondary N) is 1. The summed E-state index contributed by atoms with van der Waals surface area (Å²) in [4.78, 5) is 15.4. The SMILES string of the molecule is C[C@@H]1[C@H](C)CCC[C@@H]1N1C(=O)c2ccccc2[C@@H]1NCc1ccccc1. The van der Waals surface area contributed by atoms with Crippen LogP contribution in [0.15, 0.2) is 54.6 Å². The van der Waals surface area contributed by atoms with Crippen molar-refractivity contribution in [2.75, 3.05) is 0 Å². The zero-order valence-electron chi connectivity index (χ0n) is 15.7. The molecule has 1 amide bonds. The number of amides is 1. The molecule has 1 saturated carbocycles. The maximum absolute atomic E-state index is 13.3. The van der Waals surface area contributed by atoms with Crippen LogP contribution in [0.3, 0.4) is 0 Å². The Morgan fingerprint density at radius 1 is 1.00 bits per heavy atom. The van der Waals surface area contributed by atoms with Gasteiger partial charge in [-0.3, -0.25) is 10.1 Å². The minimum absolute atomic E-state index is 0.0309. The molecule has 26 heavy (non-hydrogen) atoms. The van der Waals surface area contributed by atoms with Crippen molar-refractivity contribution in [3.8, 4) is 0 Å². The van der Waals surface area contributed by atoms with Crippen LogP contribution in [0.4, 0.5) is 0 Å². The number of carbonyl (C=O) groups excluding carboxylic acids is 1. The fourth-order valence-corrected chi connectivity index (χ4v) is 4.64. The van der Waals surface area contributed by atoms with Crippen LogP contribution in [0.2, 0.25) is 0 Å². The highest BCUT2D eigenvalue weighted by Gasteiger charge is 2.43. The van der Waals surface area contributed by atoms with Gasteiger partial charge in [0.15, 0.2) is 0 Å². The van der Waals surface area contributed by atoms with Gasteiger partial charge in [0, 0.05) is 23.7 Å². The molecule has 0 saturated heterocycles. The average molecular weight is 348 g/mol. The zero-order valence-corrected chi connectivity index (χ0v) is 15.7. The van der Waals surface area contributed by atoms with Crippen molar-refractivity contribution in [2.45, 2.75) is 51.9 Å². The molecular weight excluding hydrogens is 320 g/mol. The van der Waals surface area contributed by atoms with E-state index in [-0.39, 0.29) is 12.1 Å². The van der Waals surface area contributed by atoms with Gasteiger partial charge in [0.2, 0.25) is 0 Å². The summed E-state index contributed by atoms with van der Waals surface area (Å²) in [6.45, 7) is 5.41. The van der Waals surface area contributed by atoms with Crippen molar-refractivity contribution in [3.63, 3.8) is 0 Å². The Hall–Kier alpha value is -2.13. The largest absolute Gasteiger partial charge is 0.316 e. The van der Waals surface area contributed by atoms with Crippen molar-refractivity contribution in [3.05, 3.63) is 71.3 Å². The summed E-state index contributed by atoms with van der Waals surface area (Å²) in [5.41, 5.74) is 3.23. The van der Waals surface area contributed by atoms with E-state index in [2.05, 4.69) is 54.4 Å². The summed E-state index contributed by atoms with van der Waals surface area (Å²) in [5.74, 6) is 1.39. The minimum atomic E-state index is -0.0309. The second-order valence-corrected chi connectivity index (χ2v) is 7.90. The summed E-state index contributed by atoms with van der Waals surface area (Å²) in [6.07, 6.45) is 3.56. The van der Waals surface area contributed by atoms with Crippen LogP contribution >= 0.6 is 0 Å². The van der Waals surface area contributed by atoms with E-state index in [1.54, 1.807) is 0 Å². The number of nitrogens with zero attached hydrogens (tertiary/aromatic N) is 1. The van der Waals surface area contributed by atoms with Gasteiger partial charge in [0.25, 0.3) is 5.91 Å². The van der Waals surface area contributed by atoms with E-state index in [0.29, 0.717) is 17.9 Å². The number of rotatable bonds is 4. The van der Waals surface area contributed by atoms with Crippen LogP contribution in [-0.2, 0) is 6.54 Å². The first-order chi connectivity index (χ1) is 12.7. The Morgan fingerprint density at radius 2 is 1.73 bits per heavy atom. The maximum atomic E-state index is 13.3. The molecule has 1 aliphatic carbocycles. The van der Waals surface area contributed by atoms with Gasteiger partial charge in [-0.05, 0) is 29.9 Å². The normalized spacial score (nSPS) is 28.2. The van der Waals surface area contributed by atoms with Crippen LogP contribution in [0.25, 0.3) is 0 Å². The quantitative estimate of drug-likeness (QED) is 0.864. The van der Waals surface area contributed by atoms with Crippen LogP contribution in [-0.4, -0.2) is 16.8 Å². The topological polar surface area (TPSA) is 32.3 Å². The van der Waals surface area contributed by atoms with Gasteiger partial charge >= 0.3 is 0 Å². The number of hydrogen-bond donors (Lipinski definition) is 1. The molecule has 0 aromatic heterocycles. The second kappa shape index (κ2) is 7.24. The Kier molecular flexibility index (Phi) is 4.82. The van der Waals surface area contributed by atoms with Crippen molar-refractivity contribution in [1.29, 1.82) is 0 Å². The van der Waals surface area contributed by atoms with Gasteiger partial charge in [-0.2, -0.15) is 0 Å². The lowest BCUT2D eigenvalue weighted by atomic mass is 9.77. The lowest BCUT2D eigenvalue weighted by Crippen LogP contribution is -2.49. The van der Waals surface area contributed by atoms with Crippen molar-refractivity contribution in [2.24, 2.45) is 11.8 Å². The third-order valence-electron chi connectivity index (χ3n) is 6.36. The summed E-state index contributed by atoms with van der Waals surface area (Å²) < 4.78 is 0. The third-order valence-corrected chi connectivity index (χ3v) is 6.36. The van der Waals surface area contributed by atoms with Gasteiger partial charge < -0.3 is 4.90 Å². The summed E-state index contributed by atoms with van der Waals surface area (Å²) in [6, 6.07) is 18.8. The molecule has 0 unspecified atom stereocenters. The number of benzene rings is 2. The molecule has 3 heteroatoms. The van der Waals surface area contributed by atoms with Gasteiger partial charge in [0.05, 0.1) is 0 Å². The molecule has 2 aromatic rings. The molecule has 136 valence electrons. The average Bonchev–Trinajstić information content (AvgIpc) is 2.95. The number of hydrogen-bond acceptors (Lipinski definition) is 2. The van der Waals surface area contributed by atoms with E-state index in [0.717, 1.165) is 24.1 Å². The molecule has 2 aliphatic rings. The monoisotopic (exact) mass is 348 g/mol. The molecule has 2 aromatic carbocycles. The highest BCUT2D eigenvalue weighted by Crippen LogP contribution is 2.41. The first-order valence-corrected chi connectivity index (χ1v) is 9.85. The minimum Gasteiger partial charge on any atom is -0.316 e. The lowest BCUT2D eigenvalue weighted by molar-refractivity contribution is 0.0317. The van der Waals surface area contributed by atoms with E-state index < -0.39 is 0 Å². The van der Waals surface area contributed by atoms with E-state index in [4.69, 9.17) is 0 Å². The predicted octanol–water partition coefficient (Wildman–Crippen LogP) is 4.76. The Bertz CT molecular complexity index is 773. The Morgan fingerprint density at radius 3 is 2.54 bits per heavy atom. The lowest BCUT2D eigenvalue weighted by Gasteiger charge is -2.42. The summed E-state index contributed by atoms with van der Waals surface area (Å²) in [5, 5.41) is 3.67. The number of fused-ring (bicyclic) bond motifs is 1. The first kappa shape index (κ1) is 17.3. The van der Waals surface area contributed by atoms with Crippen LogP contribution in [0.1, 0.15) is 60.8 Å². The van der Waals surface area contributed by atoms with Gasteiger partial charge in [0.1, 0.15) is 6.17 Å². The molecule has 1 fully saturated rings. The predicted molar refractivity (Wildman–Crippen MR) is 105 cm³/mol. The standard InChI is InChI=1S/C23H28N2O/c1-16-9-8-14-21(17(16)2)25-22(24-15-18-10-4-3-5-11-18)19-12-6-7-13-20(19)23(25)26/h3-7,10-13,16-17,21-22,24H,8-9,14-15H2,1-2H3/t16-,17-,21+,22-/m1/s1. The van der Waals surface area contributed by atoms with Gasteiger partial charge in [-0.1, -0.05) is 75.2 Å². The maximum Gasteiger partial charge on any atom is 0.256 e.